The van der Waals surface area contributed by atoms with E-state index >= 15 is 0 Å². The van der Waals surface area contributed by atoms with E-state index < -0.39 is 0 Å². The van der Waals surface area contributed by atoms with Crippen molar-refractivity contribution in [1.29, 1.82) is 0 Å². The highest BCUT2D eigenvalue weighted by Crippen LogP contribution is 2.24. The van der Waals surface area contributed by atoms with Crippen molar-refractivity contribution < 1.29 is 5.11 Å². The topological polar surface area (TPSA) is 32.3 Å². The molecule has 1 fully saturated rings. The minimum atomic E-state index is 0.341. The van der Waals surface area contributed by atoms with Gasteiger partial charge in [-0.25, -0.2) is 0 Å². The van der Waals surface area contributed by atoms with E-state index in [0.29, 0.717) is 18.6 Å². The van der Waals surface area contributed by atoms with Crippen molar-refractivity contribution in [1.82, 2.24) is 5.32 Å². The van der Waals surface area contributed by atoms with E-state index in [-0.39, 0.29) is 0 Å². The first kappa shape index (κ1) is 9.75. The molecule has 2 unspecified atom stereocenters. The lowest BCUT2D eigenvalue weighted by Gasteiger charge is -2.17. The Balaban J connectivity index is 2.21. The van der Waals surface area contributed by atoms with Gasteiger partial charge in [-0.1, -0.05) is 18.6 Å². The van der Waals surface area contributed by atoms with Crippen LogP contribution in [0, 0.1) is 5.92 Å². The molecule has 1 aliphatic rings. The van der Waals surface area contributed by atoms with E-state index in [1.54, 1.807) is 0 Å². The number of nitrogens with one attached hydrogen (secondary N) is 1. The summed E-state index contributed by atoms with van der Waals surface area (Å²) in [6.07, 6.45) is 7.84. The number of aliphatic hydroxyl groups is 1. The molecule has 0 radical (unpaired) electrons. The average Bonchev–Trinajstić information content (AvgIpc) is 2.52. The molecule has 0 aliphatic heterocycles. The van der Waals surface area contributed by atoms with Crippen LogP contribution in [0.25, 0.3) is 0 Å². The smallest absolute Gasteiger partial charge is 0.0474 e. The number of allylic oxidation sites excluding steroid dienone is 1. The molecule has 0 spiro atoms. The largest absolute Gasteiger partial charge is 0.396 e. The van der Waals surface area contributed by atoms with Gasteiger partial charge in [0.1, 0.15) is 0 Å². The van der Waals surface area contributed by atoms with Crippen LogP contribution in [0.15, 0.2) is 12.2 Å². The predicted molar refractivity (Wildman–Crippen MR) is 51.0 cm³/mol. The first-order chi connectivity index (χ1) is 5.88. The van der Waals surface area contributed by atoms with Gasteiger partial charge in [-0.2, -0.15) is 0 Å². The molecule has 0 aromatic carbocycles. The quantitative estimate of drug-likeness (QED) is 0.622. The van der Waals surface area contributed by atoms with Crippen molar-refractivity contribution in [3.63, 3.8) is 0 Å². The summed E-state index contributed by atoms with van der Waals surface area (Å²) < 4.78 is 0. The predicted octanol–water partition coefficient (Wildman–Crippen LogP) is 1.31. The van der Waals surface area contributed by atoms with E-state index in [1.165, 1.54) is 19.3 Å². The van der Waals surface area contributed by atoms with Crippen LogP contribution in [0.5, 0.6) is 0 Å². The molecule has 0 aromatic heterocycles. The fraction of sp³-hybridized carbons (Fsp3) is 0.800. The molecule has 0 heterocycles. The third-order valence-electron chi connectivity index (χ3n) is 2.63. The maximum atomic E-state index is 9.03. The van der Waals surface area contributed by atoms with Gasteiger partial charge in [0.05, 0.1) is 0 Å². The lowest BCUT2D eigenvalue weighted by molar-refractivity contribution is 0.207. The van der Waals surface area contributed by atoms with Crippen LogP contribution < -0.4 is 5.32 Å². The third-order valence-corrected chi connectivity index (χ3v) is 2.63. The van der Waals surface area contributed by atoms with Crippen molar-refractivity contribution in [2.24, 2.45) is 5.92 Å². The molecular formula is C10H19NO. The van der Waals surface area contributed by atoms with E-state index in [9.17, 15) is 0 Å². The Morgan fingerprint density at radius 1 is 1.50 bits per heavy atom. The van der Waals surface area contributed by atoms with Gasteiger partial charge in [-0.05, 0) is 25.7 Å². The summed E-state index contributed by atoms with van der Waals surface area (Å²) in [4.78, 5) is 0. The Morgan fingerprint density at radius 2 is 2.33 bits per heavy atom. The maximum absolute atomic E-state index is 9.03. The van der Waals surface area contributed by atoms with Crippen LogP contribution in [0.3, 0.4) is 0 Å². The molecule has 2 nitrogen and oxygen atoms in total. The van der Waals surface area contributed by atoms with Crippen LogP contribution in [0.4, 0.5) is 0 Å². The van der Waals surface area contributed by atoms with Crippen molar-refractivity contribution in [3.8, 4) is 0 Å². The molecule has 2 N–H and O–H groups in total. The summed E-state index contributed by atoms with van der Waals surface area (Å²) in [6.45, 7) is 3.31. The second-order valence-corrected chi connectivity index (χ2v) is 3.46. The van der Waals surface area contributed by atoms with Crippen molar-refractivity contribution >= 4 is 0 Å². The summed E-state index contributed by atoms with van der Waals surface area (Å²) in [6, 6.07) is 0.547. The monoisotopic (exact) mass is 169 g/mol. The summed E-state index contributed by atoms with van der Waals surface area (Å²) in [7, 11) is 0. The number of hydrogen-bond acceptors (Lipinski definition) is 2. The molecule has 0 amide bonds. The summed E-state index contributed by atoms with van der Waals surface area (Å²) in [5.41, 5.74) is 0. The molecule has 2 heteroatoms. The van der Waals surface area contributed by atoms with Crippen LogP contribution in [-0.4, -0.2) is 24.3 Å². The Bertz CT molecular complexity index is 145. The summed E-state index contributed by atoms with van der Waals surface area (Å²) in [5, 5.41) is 12.5. The van der Waals surface area contributed by atoms with Crippen molar-refractivity contribution in [2.75, 3.05) is 13.2 Å². The van der Waals surface area contributed by atoms with Gasteiger partial charge in [-0.15, -0.1) is 0 Å². The average molecular weight is 169 g/mol. The van der Waals surface area contributed by atoms with Gasteiger partial charge < -0.3 is 10.4 Å². The highest BCUT2D eigenvalue weighted by atomic mass is 16.3. The standard InChI is InChI=1S/C10H19NO/c1-2-3-7-11-10-6-4-5-9(10)8-12/h2-3,9-12H,4-8H2,1H3/b3-2+. The SMILES string of the molecule is C/C=C/CNC1CCCC1CO. The van der Waals surface area contributed by atoms with Gasteiger partial charge in [0.2, 0.25) is 0 Å². The van der Waals surface area contributed by atoms with Crippen molar-refractivity contribution in [2.45, 2.75) is 32.2 Å². The Labute approximate surface area is 74.7 Å². The zero-order valence-electron chi connectivity index (χ0n) is 7.79. The molecule has 0 aromatic rings. The van der Waals surface area contributed by atoms with Gasteiger partial charge >= 0.3 is 0 Å². The zero-order chi connectivity index (χ0) is 8.81. The summed E-state index contributed by atoms with van der Waals surface area (Å²) in [5.74, 6) is 0.496. The fourth-order valence-corrected chi connectivity index (χ4v) is 1.86. The second kappa shape index (κ2) is 5.33. The highest BCUT2D eigenvalue weighted by Gasteiger charge is 2.25. The first-order valence-corrected chi connectivity index (χ1v) is 4.84. The molecule has 70 valence electrons. The van der Waals surface area contributed by atoms with E-state index in [1.807, 2.05) is 6.92 Å². The lowest BCUT2D eigenvalue weighted by atomic mass is 10.1. The van der Waals surface area contributed by atoms with E-state index in [2.05, 4.69) is 17.5 Å². The molecule has 0 saturated heterocycles. The third kappa shape index (κ3) is 2.61. The van der Waals surface area contributed by atoms with E-state index in [4.69, 9.17) is 5.11 Å². The lowest BCUT2D eigenvalue weighted by Crippen LogP contribution is -2.34. The number of rotatable bonds is 4. The summed E-state index contributed by atoms with van der Waals surface area (Å²) >= 11 is 0. The van der Waals surface area contributed by atoms with Crippen LogP contribution in [0.2, 0.25) is 0 Å². The van der Waals surface area contributed by atoms with Gasteiger partial charge in [0, 0.05) is 19.2 Å². The minimum absolute atomic E-state index is 0.341. The van der Waals surface area contributed by atoms with Gasteiger partial charge in [0.25, 0.3) is 0 Å². The molecule has 0 bridgehead atoms. The molecule has 12 heavy (non-hydrogen) atoms. The Morgan fingerprint density at radius 3 is 3.00 bits per heavy atom. The van der Waals surface area contributed by atoms with Crippen molar-refractivity contribution in [3.05, 3.63) is 12.2 Å². The second-order valence-electron chi connectivity index (χ2n) is 3.46. The van der Waals surface area contributed by atoms with E-state index in [0.717, 1.165) is 6.54 Å². The molecule has 1 rings (SSSR count). The molecule has 1 saturated carbocycles. The Kier molecular flexibility index (Phi) is 4.33. The van der Waals surface area contributed by atoms with Gasteiger partial charge in [0.15, 0.2) is 0 Å². The van der Waals surface area contributed by atoms with Crippen LogP contribution >= 0.6 is 0 Å². The minimum Gasteiger partial charge on any atom is -0.396 e. The number of aliphatic hydroxyl groups excluding tert-OH is 1. The normalized spacial score (nSPS) is 30.2. The Hall–Kier alpha value is -0.340. The fourth-order valence-electron chi connectivity index (χ4n) is 1.86. The molecule has 2 atom stereocenters. The van der Waals surface area contributed by atoms with Crippen LogP contribution in [-0.2, 0) is 0 Å². The number of hydrogen-bond donors (Lipinski definition) is 2. The van der Waals surface area contributed by atoms with Crippen LogP contribution in [0.1, 0.15) is 26.2 Å². The molecular weight excluding hydrogens is 150 g/mol. The maximum Gasteiger partial charge on any atom is 0.0474 e. The first-order valence-electron chi connectivity index (χ1n) is 4.84. The van der Waals surface area contributed by atoms with Gasteiger partial charge in [-0.3, -0.25) is 0 Å². The highest BCUT2D eigenvalue weighted by molar-refractivity contribution is 4.87. The zero-order valence-corrected chi connectivity index (χ0v) is 7.79. The molecule has 1 aliphatic carbocycles.